The lowest BCUT2D eigenvalue weighted by molar-refractivity contribution is 0.482. The van der Waals surface area contributed by atoms with Gasteiger partial charge in [-0.15, -0.1) is 0 Å². The van der Waals surface area contributed by atoms with Crippen molar-refractivity contribution in [2.75, 3.05) is 0 Å². The van der Waals surface area contributed by atoms with Crippen molar-refractivity contribution in [3.05, 3.63) is 63.4 Å². The van der Waals surface area contributed by atoms with Crippen molar-refractivity contribution >= 4 is 32.6 Å². The Morgan fingerprint density at radius 2 is 1.83 bits per heavy atom. The van der Waals surface area contributed by atoms with Crippen molar-refractivity contribution in [3.8, 4) is 11.4 Å². The first-order valence-electron chi connectivity index (χ1n) is 6.95. The largest absolute Gasteiger partial charge is 0.295 e. The van der Waals surface area contributed by atoms with Gasteiger partial charge in [0.15, 0.2) is 0 Å². The molecule has 0 atom stereocenters. The minimum Gasteiger partial charge on any atom is -0.295 e. The Morgan fingerprint density at radius 1 is 1.17 bits per heavy atom. The normalized spacial score (nSPS) is 11.8. The summed E-state index contributed by atoms with van der Waals surface area (Å²) in [5.74, 6) is -0.0272. The van der Waals surface area contributed by atoms with E-state index in [0.29, 0.717) is 32.9 Å². The molecule has 124 valence electrons. The van der Waals surface area contributed by atoms with Crippen LogP contribution in [0.25, 0.3) is 22.3 Å². The van der Waals surface area contributed by atoms with Crippen LogP contribution < -0.4 is 5.56 Å². The maximum atomic E-state index is 12.5. The first kappa shape index (κ1) is 16.6. The SMILES string of the molecule is Cn1c(-c2ccc(CS(=O)(=O)O)cc2)nc2cc(Cl)ccc2c1=O. The van der Waals surface area contributed by atoms with Crippen molar-refractivity contribution in [2.45, 2.75) is 5.75 Å². The number of hydrogen-bond acceptors (Lipinski definition) is 4. The number of hydrogen-bond donors (Lipinski definition) is 1. The van der Waals surface area contributed by atoms with Gasteiger partial charge in [0.05, 0.1) is 10.9 Å². The second-order valence-electron chi connectivity index (χ2n) is 5.38. The van der Waals surface area contributed by atoms with E-state index in [9.17, 15) is 13.2 Å². The molecule has 6 nitrogen and oxygen atoms in total. The van der Waals surface area contributed by atoms with E-state index in [0.717, 1.165) is 0 Å². The van der Waals surface area contributed by atoms with Gasteiger partial charge in [-0.25, -0.2) is 4.98 Å². The molecular formula is C16H13ClN2O4S. The monoisotopic (exact) mass is 364 g/mol. The molecule has 0 aliphatic rings. The van der Waals surface area contributed by atoms with E-state index < -0.39 is 15.9 Å². The van der Waals surface area contributed by atoms with Gasteiger partial charge >= 0.3 is 0 Å². The van der Waals surface area contributed by atoms with Gasteiger partial charge in [0.25, 0.3) is 15.7 Å². The standard InChI is InChI=1S/C16H13ClN2O4S/c1-19-15(11-4-2-10(3-5-11)9-24(21,22)23)18-14-8-12(17)6-7-13(14)16(19)20/h2-8H,9H2,1H3,(H,21,22,23). The fraction of sp³-hybridized carbons (Fsp3) is 0.125. The molecule has 1 heterocycles. The number of nitrogens with zero attached hydrogens (tertiary/aromatic N) is 2. The second kappa shape index (κ2) is 6.01. The lowest BCUT2D eigenvalue weighted by atomic mass is 10.1. The van der Waals surface area contributed by atoms with E-state index in [2.05, 4.69) is 4.98 Å². The highest BCUT2D eigenvalue weighted by Crippen LogP contribution is 2.21. The van der Waals surface area contributed by atoms with Crippen LogP contribution in [0.3, 0.4) is 0 Å². The third-order valence-electron chi connectivity index (χ3n) is 3.60. The van der Waals surface area contributed by atoms with Gasteiger partial charge in [-0.05, 0) is 23.8 Å². The van der Waals surface area contributed by atoms with Crippen molar-refractivity contribution in [1.29, 1.82) is 0 Å². The van der Waals surface area contributed by atoms with Gasteiger partial charge in [-0.1, -0.05) is 35.9 Å². The lowest BCUT2D eigenvalue weighted by Gasteiger charge is -2.10. The summed E-state index contributed by atoms with van der Waals surface area (Å²) in [6, 6.07) is 11.3. The van der Waals surface area contributed by atoms with Crippen LogP contribution in [0.4, 0.5) is 0 Å². The molecule has 2 aromatic carbocycles. The molecular weight excluding hydrogens is 352 g/mol. The first-order valence-corrected chi connectivity index (χ1v) is 8.94. The number of halogens is 1. The molecule has 0 unspecified atom stereocenters. The van der Waals surface area contributed by atoms with Gasteiger partial charge < -0.3 is 0 Å². The predicted molar refractivity (Wildman–Crippen MR) is 92.7 cm³/mol. The summed E-state index contributed by atoms with van der Waals surface area (Å²) >= 11 is 5.96. The summed E-state index contributed by atoms with van der Waals surface area (Å²) in [6.07, 6.45) is 0. The smallest absolute Gasteiger partial charge is 0.269 e. The molecule has 8 heteroatoms. The molecule has 0 aliphatic carbocycles. The lowest BCUT2D eigenvalue weighted by Crippen LogP contribution is -2.20. The van der Waals surface area contributed by atoms with E-state index in [1.807, 2.05) is 0 Å². The fourth-order valence-electron chi connectivity index (χ4n) is 2.46. The zero-order chi connectivity index (χ0) is 17.5. The molecule has 1 N–H and O–H groups in total. The summed E-state index contributed by atoms with van der Waals surface area (Å²) < 4.78 is 32.1. The van der Waals surface area contributed by atoms with E-state index in [4.69, 9.17) is 16.2 Å². The molecule has 0 radical (unpaired) electrons. The minimum atomic E-state index is -4.09. The van der Waals surface area contributed by atoms with Gasteiger partial charge in [0.1, 0.15) is 11.6 Å². The van der Waals surface area contributed by atoms with Crippen molar-refractivity contribution in [3.63, 3.8) is 0 Å². The summed E-state index contributed by atoms with van der Waals surface area (Å²) in [4.78, 5) is 16.9. The third kappa shape index (κ3) is 3.33. The third-order valence-corrected chi connectivity index (χ3v) is 4.53. The van der Waals surface area contributed by atoms with Crippen LogP contribution in [0, 0.1) is 0 Å². The van der Waals surface area contributed by atoms with Crippen LogP contribution in [-0.2, 0) is 22.9 Å². The molecule has 0 bridgehead atoms. The van der Waals surface area contributed by atoms with Crippen molar-refractivity contribution < 1.29 is 13.0 Å². The molecule has 0 spiro atoms. The van der Waals surface area contributed by atoms with E-state index in [-0.39, 0.29) is 5.56 Å². The van der Waals surface area contributed by atoms with E-state index >= 15 is 0 Å². The molecule has 0 saturated carbocycles. The Balaban J connectivity index is 2.12. The Kier molecular flexibility index (Phi) is 4.16. The maximum Gasteiger partial charge on any atom is 0.269 e. The van der Waals surface area contributed by atoms with E-state index in [1.54, 1.807) is 49.5 Å². The summed E-state index contributed by atoms with van der Waals surface area (Å²) in [5, 5.41) is 0.950. The average molecular weight is 365 g/mol. The van der Waals surface area contributed by atoms with Crippen LogP contribution in [0.2, 0.25) is 5.02 Å². The Hall–Kier alpha value is -2.22. The zero-order valence-electron chi connectivity index (χ0n) is 12.6. The molecule has 0 fully saturated rings. The highest BCUT2D eigenvalue weighted by molar-refractivity contribution is 7.85. The van der Waals surface area contributed by atoms with E-state index in [1.165, 1.54) is 4.57 Å². The predicted octanol–water partition coefficient (Wildman–Crippen LogP) is 2.64. The van der Waals surface area contributed by atoms with Crippen LogP contribution in [0.15, 0.2) is 47.3 Å². The molecule has 24 heavy (non-hydrogen) atoms. The summed E-state index contributed by atoms with van der Waals surface area (Å²) in [7, 11) is -2.47. The number of benzene rings is 2. The molecule has 3 aromatic rings. The fourth-order valence-corrected chi connectivity index (χ4v) is 3.24. The Labute approximate surface area is 143 Å². The average Bonchev–Trinajstić information content (AvgIpc) is 2.50. The van der Waals surface area contributed by atoms with Gasteiger partial charge in [0.2, 0.25) is 0 Å². The van der Waals surface area contributed by atoms with Gasteiger partial charge in [0, 0.05) is 17.6 Å². The number of fused-ring (bicyclic) bond motifs is 1. The summed E-state index contributed by atoms with van der Waals surface area (Å²) in [5.41, 5.74) is 1.38. The molecule has 3 rings (SSSR count). The highest BCUT2D eigenvalue weighted by Gasteiger charge is 2.12. The van der Waals surface area contributed by atoms with Crippen LogP contribution in [-0.4, -0.2) is 22.5 Å². The van der Waals surface area contributed by atoms with Gasteiger partial charge in [-0.3, -0.25) is 13.9 Å². The Bertz CT molecular complexity index is 1090. The second-order valence-corrected chi connectivity index (χ2v) is 7.27. The summed E-state index contributed by atoms with van der Waals surface area (Å²) in [6.45, 7) is 0. The highest BCUT2D eigenvalue weighted by atomic mass is 35.5. The van der Waals surface area contributed by atoms with Crippen LogP contribution >= 0.6 is 11.6 Å². The Morgan fingerprint density at radius 3 is 2.46 bits per heavy atom. The maximum absolute atomic E-state index is 12.5. The molecule has 0 saturated heterocycles. The molecule has 0 amide bonds. The minimum absolute atomic E-state index is 0.200. The topological polar surface area (TPSA) is 89.3 Å². The zero-order valence-corrected chi connectivity index (χ0v) is 14.2. The number of aromatic nitrogens is 2. The van der Waals surface area contributed by atoms with Crippen LogP contribution in [0.1, 0.15) is 5.56 Å². The molecule has 1 aromatic heterocycles. The molecule has 0 aliphatic heterocycles. The van der Waals surface area contributed by atoms with Gasteiger partial charge in [-0.2, -0.15) is 8.42 Å². The van der Waals surface area contributed by atoms with Crippen LogP contribution in [0.5, 0.6) is 0 Å². The quantitative estimate of drug-likeness (QED) is 0.721. The number of rotatable bonds is 3. The first-order chi connectivity index (χ1) is 11.2. The van der Waals surface area contributed by atoms with Crippen molar-refractivity contribution in [1.82, 2.24) is 9.55 Å². The van der Waals surface area contributed by atoms with Crippen molar-refractivity contribution in [2.24, 2.45) is 7.05 Å².